The van der Waals surface area contributed by atoms with Crippen molar-refractivity contribution in [3.05, 3.63) is 0 Å². The van der Waals surface area contributed by atoms with Gasteiger partial charge in [-0.15, -0.1) is 0 Å². The molecule has 0 spiro atoms. The molecule has 0 aliphatic heterocycles. The van der Waals surface area contributed by atoms with Gasteiger partial charge in [-0.3, -0.25) is 0 Å². The maximum Gasteiger partial charge on any atom is 0.106 e. The summed E-state index contributed by atoms with van der Waals surface area (Å²) in [7, 11) is 6.11. The first-order chi connectivity index (χ1) is 6.06. The van der Waals surface area contributed by atoms with Crippen LogP contribution >= 0.6 is 0 Å². The summed E-state index contributed by atoms with van der Waals surface area (Å²) < 4.78 is 0. The zero-order chi connectivity index (χ0) is 10.3. The van der Waals surface area contributed by atoms with E-state index in [1.807, 2.05) is 13.1 Å². The van der Waals surface area contributed by atoms with Crippen molar-refractivity contribution in [3.63, 3.8) is 0 Å². The molecule has 0 aliphatic carbocycles. The molecule has 2 N–H and O–H groups in total. The molecular weight excluding hydrogens is 164 g/mol. The normalized spacial score (nSPS) is 13.3. The van der Waals surface area contributed by atoms with Crippen LogP contribution in [0.5, 0.6) is 0 Å². The fraction of sp³-hybridized carbons (Fsp3) is 0.889. The average Bonchev–Trinajstić information content (AvgIpc) is 2.03. The number of hydrogen-bond donors (Lipinski definition) is 1. The number of nitrogens with zero attached hydrogens (tertiary/aromatic N) is 3. The number of nitriles is 1. The molecule has 1 atom stereocenters. The van der Waals surface area contributed by atoms with Crippen LogP contribution in [0.25, 0.3) is 0 Å². The smallest absolute Gasteiger partial charge is 0.106 e. The molecule has 4 heteroatoms. The predicted molar refractivity (Wildman–Crippen MR) is 54.3 cm³/mol. The first kappa shape index (κ1) is 12.4. The minimum Gasteiger partial charge on any atom is -0.315 e. The van der Waals surface area contributed by atoms with Crippen LogP contribution in [0.15, 0.2) is 0 Å². The zero-order valence-electron chi connectivity index (χ0n) is 8.82. The first-order valence-electron chi connectivity index (χ1n) is 4.54. The molecule has 13 heavy (non-hydrogen) atoms. The molecule has 0 amide bonds. The summed E-state index contributed by atoms with van der Waals surface area (Å²) in [5.41, 5.74) is 5.49. The van der Waals surface area contributed by atoms with Crippen molar-refractivity contribution < 1.29 is 0 Å². The Kier molecular flexibility index (Phi) is 6.51. The lowest BCUT2D eigenvalue weighted by Gasteiger charge is -2.18. The van der Waals surface area contributed by atoms with E-state index in [0.717, 1.165) is 19.5 Å². The van der Waals surface area contributed by atoms with Crippen LogP contribution < -0.4 is 5.73 Å². The fourth-order valence-electron chi connectivity index (χ4n) is 1.12. The van der Waals surface area contributed by atoms with Gasteiger partial charge in [0.05, 0.1) is 6.07 Å². The SMILES string of the molecule is CN(C)CCCN(C)CC(N)C#N. The van der Waals surface area contributed by atoms with Gasteiger partial charge in [0.25, 0.3) is 0 Å². The Hall–Kier alpha value is -0.630. The zero-order valence-corrected chi connectivity index (χ0v) is 8.82. The molecule has 76 valence electrons. The molecule has 0 saturated heterocycles. The monoisotopic (exact) mass is 184 g/mol. The van der Waals surface area contributed by atoms with Crippen molar-refractivity contribution in [2.75, 3.05) is 40.8 Å². The predicted octanol–water partition coefficient (Wildman–Crippen LogP) is -0.279. The van der Waals surface area contributed by atoms with Gasteiger partial charge in [0.15, 0.2) is 0 Å². The van der Waals surface area contributed by atoms with E-state index in [9.17, 15) is 0 Å². The molecule has 1 unspecified atom stereocenters. The van der Waals surface area contributed by atoms with E-state index in [2.05, 4.69) is 23.9 Å². The third kappa shape index (κ3) is 7.72. The largest absolute Gasteiger partial charge is 0.315 e. The van der Waals surface area contributed by atoms with Crippen LogP contribution in [0.3, 0.4) is 0 Å². The highest BCUT2D eigenvalue weighted by atomic mass is 15.1. The van der Waals surface area contributed by atoms with Crippen LogP contribution in [0.2, 0.25) is 0 Å². The summed E-state index contributed by atoms with van der Waals surface area (Å²) >= 11 is 0. The standard InChI is InChI=1S/C9H20N4/c1-12(2)5-4-6-13(3)8-9(11)7-10/h9H,4-6,8,11H2,1-3H3. The Labute approximate surface area is 80.9 Å². The highest BCUT2D eigenvalue weighted by molar-refractivity contribution is 4.88. The maximum absolute atomic E-state index is 8.49. The number of likely N-dealkylation sites (N-methyl/N-ethyl adjacent to an activating group) is 1. The molecule has 0 aliphatic rings. The van der Waals surface area contributed by atoms with Crippen LogP contribution in [0, 0.1) is 11.3 Å². The Morgan fingerprint density at radius 2 is 1.92 bits per heavy atom. The van der Waals surface area contributed by atoms with Crippen LogP contribution in [-0.2, 0) is 0 Å². The van der Waals surface area contributed by atoms with Crippen molar-refractivity contribution in [3.8, 4) is 6.07 Å². The molecule has 0 aromatic heterocycles. The van der Waals surface area contributed by atoms with Gasteiger partial charge in [-0.05, 0) is 40.7 Å². The molecule has 4 nitrogen and oxygen atoms in total. The Morgan fingerprint density at radius 1 is 1.31 bits per heavy atom. The lowest BCUT2D eigenvalue weighted by atomic mass is 10.3. The lowest BCUT2D eigenvalue weighted by Crippen LogP contribution is -2.35. The van der Waals surface area contributed by atoms with Crippen LogP contribution in [-0.4, -0.2) is 56.6 Å². The summed E-state index contributed by atoms with van der Waals surface area (Å²) in [5.74, 6) is 0. The van der Waals surface area contributed by atoms with E-state index in [4.69, 9.17) is 11.0 Å². The van der Waals surface area contributed by atoms with Gasteiger partial charge in [-0.2, -0.15) is 5.26 Å². The minimum absolute atomic E-state index is 0.357. The van der Waals surface area contributed by atoms with Gasteiger partial charge in [0.2, 0.25) is 0 Å². The van der Waals surface area contributed by atoms with Gasteiger partial charge in [0, 0.05) is 6.54 Å². The summed E-state index contributed by atoms with van der Waals surface area (Å²) in [6.45, 7) is 2.73. The molecule has 0 aromatic rings. The number of hydrogen-bond acceptors (Lipinski definition) is 4. The second-order valence-corrected chi connectivity index (χ2v) is 3.65. The van der Waals surface area contributed by atoms with Crippen molar-refractivity contribution in [1.29, 1.82) is 5.26 Å². The van der Waals surface area contributed by atoms with Gasteiger partial charge in [0.1, 0.15) is 6.04 Å². The van der Waals surface area contributed by atoms with E-state index in [-0.39, 0.29) is 6.04 Å². The van der Waals surface area contributed by atoms with Gasteiger partial charge in [-0.25, -0.2) is 0 Å². The average molecular weight is 184 g/mol. The van der Waals surface area contributed by atoms with E-state index < -0.39 is 0 Å². The molecule has 0 heterocycles. The van der Waals surface area contributed by atoms with Crippen LogP contribution in [0.1, 0.15) is 6.42 Å². The lowest BCUT2D eigenvalue weighted by molar-refractivity contribution is 0.296. The van der Waals surface area contributed by atoms with Crippen molar-refractivity contribution in [1.82, 2.24) is 9.80 Å². The summed E-state index contributed by atoms with van der Waals surface area (Å²) in [4.78, 5) is 4.25. The minimum atomic E-state index is -0.357. The second kappa shape index (κ2) is 6.84. The van der Waals surface area contributed by atoms with Crippen molar-refractivity contribution in [2.24, 2.45) is 5.73 Å². The maximum atomic E-state index is 8.49. The highest BCUT2D eigenvalue weighted by Gasteiger charge is 2.04. The summed E-state index contributed by atoms with van der Waals surface area (Å²) in [6, 6.07) is 1.66. The number of rotatable bonds is 6. The van der Waals surface area contributed by atoms with Crippen LogP contribution in [0.4, 0.5) is 0 Å². The molecule has 0 saturated carbocycles. The third-order valence-electron chi connectivity index (χ3n) is 1.82. The van der Waals surface area contributed by atoms with Gasteiger partial charge in [-0.1, -0.05) is 0 Å². The second-order valence-electron chi connectivity index (χ2n) is 3.65. The Morgan fingerprint density at radius 3 is 2.38 bits per heavy atom. The molecule has 0 bridgehead atoms. The molecule has 0 fully saturated rings. The quantitative estimate of drug-likeness (QED) is 0.617. The molecule has 0 aromatic carbocycles. The summed E-state index contributed by atoms with van der Waals surface area (Å²) in [5, 5.41) is 8.49. The highest BCUT2D eigenvalue weighted by Crippen LogP contribution is 1.90. The van der Waals surface area contributed by atoms with E-state index in [1.54, 1.807) is 0 Å². The Bertz CT molecular complexity index is 161. The number of nitrogens with two attached hydrogens (primary N) is 1. The first-order valence-corrected chi connectivity index (χ1v) is 4.54. The molecule has 0 radical (unpaired) electrons. The molecule has 0 rings (SSSR count). The van der Waals surface area contributed by atoms with E-state index in [0.29, 0.717) is 6.54 Å². The van der Waals surface area contributed by atoms with Gasteiger partial charge >= 0.3 is 0 Å². The Balaban J connectivity index is 3.41. The third-order valence-corrected chi connectivity index (χ3v) is 1.82. The fourth-order valence-corrected chi connectivity index (χ4v) is 1.12. The molecular formula is C9H20N4. The van der Waals surface area contributed by atoms with Crippen molar-refractivity contribution >= 4 is 0 Å². The van der Waals surface area contributed by atoms with E-state index in [1.165, 1.54) is 0 Å². The summed E-state index contributed by atoms with van der Waals surface area (Å²) in [6.07, 6.45) is 1.11. The van der Waals surface area contributed by atoms with E-state index >= 15 is 0 Å². The van der Waals surface area contributed by atoms with Crippen molar-refractivity contribution in [2.45, 2.75) is 12.5 Å². The van der Waals surface area contributed by atoms with Gasteiger partial charge < -0.3 is 15.5 Å². The topological polar surface area (TPSA) is 56.3 Å².